The first kappa shape index (κ1) is 23.1. The second kappa shape index (κ2) is 12.4. The normalized spacial score (nSPS) is 17.4. The number of halogens is 1. The van der Waals surface area contributed by atoms with E-state index in [0.29, 0.717) is 23.9 Å². The van der Waals surface area contributed by atoms with Gasteiger partial charge in [0.1, 0.15) is 0 Å². The summed E-state index contributed by atoms with van der Waals surface area (Å²) >= 11 is 2.06. The summed E-state index contributed by atoms with van der Waals surface area (Å²) in [4.78, 5) is 19.0. The number of aliphatic imine (C=N–C) groups is 1. The van der Waals surface area contributed by atoms with Crippen molar-refractivity contribution < 1.29 is 4.79 Å². The van der Waals surface area contributed by atoms with E-state index < -0.39 is 0 Å². The van der Waals surface area contributed by atoms with Crippen LogP contribution in [0.25, 0.3) is 0 Å². The fourth-order valence-electron chi connectivity index (χ4n) is 2.77. The van der Waals surface area contributed by atoms with Crippen molar-refractivity contribution in [1.82, 2.24) is 15.5 Å². The second-order valence-electron chi connectivity index (χ2n) is 6.07. The number of benzene rings is 1. The van der Waals surface area contributed by atoms with Crippen molar-refractivity contribution in [2.24, 2.45) is 4.99 Å². The van der Waals surface area contributed by atoms with Crippen LogP contribution in [-0.2, 0) is 6.54 Å². The quantitative estimate of drug-likeness (QED) is 0.365. The van der Waals surface area contributed by atoms with Gasteiger partial charge in [0.05, 0.1) is 6.54 Å². The average Bonchev–Trinajstić information content (AvgIpc) is 2.65. The van der Waals surface area contributed by atoms with Crippen LogP contribution in [0.4, 0.5) is 0 Å². The lowest BCUT2D eigenvalue weighted by Gasteiger charge is -2.34. The summed E-state index contributed by atoms with van der Waals surface area (Å²) in [5, 5.41) is 6.92. The summed E-state index contributed by atoms with van der Waals surface area (Å²) in [6.07, 6.45) is 1.20. The summed E-state index contributed by atoms with van der Waals surface area (Å²) in [7, 11) is 0. The molecule has 1 unspecified atom stereocenters. The van der Waals surface area contributed by atoms with Crippen LogP contribution in [0, 0.1) is 0 Å². The Balaban J connectivity index is 0.00000338. The summed E-state index contributed by atoms with van der Waals surface area (Å²) in [6, 6.07) is 7.71. The molecule has 2 rings (SSSR count). The minimum atomic E-state index is -0.0256. The lowest BCUT2D eigenvalue weighted by Crippen LogP contribution is -2.48. The number of amides is 1. The van der Waals surface area contributed by atoms with Crippen molar-refractivity contribution >= 4 is 47.6 Å². The molecule has 1 saturated heterocycles. The maximum absolute atomic E-state index is 11.8. The van der Waals surface area contributed by atoms with E-state index in [0.717, 1.165) is 36.9 Å². The smallest absolute Gasteiger partial charge is 0.251 e. The highest BCUT2D eigenvalue weighted by atomic mass is 127. The Kier molecular flexibility index (Phi) is 11.0. The molecule has 2 N–H and O–H groups in total. The van der Waals surface area contributed by atoms with Crippen molar-refractivity contribution in [2.75, 3.05) is 31.9 Å². The monoisotopic (exact) mass is 490 g/mol. The zero-order chi connectivity index (χ0) is 18.1. The molecular formula is C19H31IN4OS. The standard InChI is InChI=1S/C19H30N4OS.HI/c1-4-17-14-23(11-12-25-17)19(21-6-3)22-13-15-7-9-16(10-8-15)18(24)20-5-2;/h7-10,17H,4-6,11-14H2,1-3H3,(H,20,24)(H,21,22);1H. The van der Waals surface area contributed by atoms with Crippen molar-refractivity contribution in [3.63, 3.8) is 0 Å². The van der Waals surface area contributed by atoms with Crippen molar-refractivity contribution in [1.29, 1.82) is 0 Å². The van der Waals surface area contributed by atoms with Crippen LogP contribution < -0.4 is 10.6 Å². The molecule has 0 radical (unpaired) electrons. The third-order valence-electron chi connectivity index (χ3n) is 4.19. The average molecular weight is 490 g/mol. The van der Waals surface area contributed by atoms with Crippen LogP contribution in [0.2, 0.25) is 0 Å². The van der Waals surface area contributed by atoms with Gasteiger partial charge in [0.25, 0.3) is 5.91 Å². The predicted octanol–water partition coefficient (Wildman–Crippen LogP) is 3.35. The molecule has 1 amide bonds. The molecule has 0 saturated carbocycles. The highest BCUT2D eigenvalue weighted by Crippen LogP contribution is 2.21. The Hall–Kier alpha value is -0.960. The Morgan fingerprint density at radius 2 is 1.88 bits per heavy atom. The van der Waals surface area contributed by atoms with Gasteiger partial charge in [0.2, 0.25) is 0 Å². The van der Waals surface area contributed by atoms with Crippen molar-refractivity contribution in [3.8, 4) is 0 Å². The molecule has 1 aromatic rings. The summed E-state index contributed by atoms with van der Waals surface area (Å²) in [5.41, 5.74) is 1.81. The van der Waals surface area contributed by atoms with Crippen LogP contribution in [0.1, 0.15) is 43.1 Å². The molecule has 0 bridgehead atoms. The van der Waals surface area contributed by atoms with Crippen LogP contribution in [-0.4, -0.2) is 53.9 Å². The van der Waals surface area contributed by atoms with E-state index in [9.17, 15) is 4.79 Å². The van der Waals surface area contributed by atoms with E-state index in [1.165, 1.54) is 6.42 Å². The van der Waals surface area contributed by atoms with Crippen LogP contribution >= 0.6 is 35.7 Å². The van der Waals surface area contributed by atoms with E-state index in [1.807, 2.05) is 31.2 Å². The Morgan fingerprint density at radius 1 is 1.19 bits per heavy atom. The van der Waals surface area contributed by atoms with E-state index in [1.54, 1.807) is 0 Å². The molecule has 0 aromatic heterocycles. The van der Waals surface area contributed by atoms with Gasteiger partial charge in [-0.1, -0.05) is 19.1 Å². The third-order valence-corrected chi connectivity index (χ3v) is 5.57. The van der Waals surface area contributed by atoms with E-state index in [4.69, 9.17) is 4.99 Å². The van der Waals surface area contributed by atoms with Gasteiger partial charge < -0.3 is 15.5 Å². The molecule has 0 aliphatic carbocycles. The van der Waals surface area contributed by atoms with E-state index >= 15 is 0 Å². The number of carbonyl (C=O) groups excluding carboxylic acids is 1. The molecule has 0 spiro atoms. The fraction of sp³-hybridized carbons (Fsp3) is 0.579. The number of guanidine groups is 1. The molecule has 1 heterocycles. The lowest BCUT2D eigenvalue weighted by atomic mass is 10.1. The van der Waals surface area contributed by atoms with Crippen LogP contribution in [0.15, 0.2) is 29.3 Å². The first-order valence-corrected chi connectivity index (χ1v) is 10.2. The minimum Gasteiger partial charge on any atom is -0.357 e. The minimum absolute atomic E-state index is 0. The number of thioether (sulfide) groups is 1. The largest absolute Gasteiger partial charge is 0.357 e. The van der Waals surface area contributed by atoms with Gasteiger partial charge in [-0.25, -0.2) is 4.99 Å². The molecule has 5 nitrogen and oxygen atoms in total. The van der Waals surface area contributed by atoms with E-state index in [-0.39, 0.29) is 29.9 Å². The first-order valence-electron chi connectivity index (χ1n) is 9.19. The number of nitrogens with zero attached hydrogens (tertiary/aromatic N) is 2. The molecule has 7 heteroatoms. The number of hydrogen-bond donors (Lipinski definition) is 2. The zero-order valence-corrected chi connectivity index (χ0v) is 19.1. The molecular weight excluding hydrogens is 459 g/mol. The van der Waals surface area contributed by atoms with E-state index in [2.05, 4.69) is 41.1 Å². The zero-order valence-electron chi connectivity index (χ0n) is 16.0. The van der Waals surface area contributed by atoms with Crippen LogP contribution in [0.3, 0.4) is 0 Å². The van der Waals surface area contributed by atoms with Gasteiger partial charge >= 0.3 is 0 Å². The maximum atomic E-state index is 11.8. The summed E-state index contributed by atoms with van der Waals surface area (Å²) in [5.74, 6) is 2.13. The number of hydrogen-bond acceptors (Lipinski definition) is 3. The van der Waals surface area contributed by atoms with Crippen LogP contribution in [0.5, 0.6) is 0 Å². The first-order chi connectivity index (χ1) is 12.2. The molecule has 1 aliphatic rings. The van der Waals surface area contributed by atoms with Gasteiger partial charge in [-0.3, -0.25) is 4.79 Å². The topological polar surface area (TPSA) is 56.7 Å². The lowest BCUT2D eigenvalue weighted by molar-refractivity contribution is 0.0956. The second-order valence-corrected chi connectivity index (χ2v) is 7.48. The Bertz CT molecular complexity index is 579. The van der Waals surface area contributed by atoms with Gasteiger partial charge in [0.15, 0.2) is 5.96 Å². The van der Waals surface area contributed by atoms with Gasteiger partial charge in [-0.2, -0.15) is 11.8 Å². The Labute approximate surface area is 178 Å². The molecule has 1 aliphatic heterocycles. The number of carbonyl (C=O) groups is 1. The predicted molar refractivity (Wildman–Crippen MR) is 123 cm³/mol. The molecule has 26 heavy (non-hydrogen) atoms. The number of rotatable bonds is 6. The molecule has 1 atom stereocenters. The van der Waals surface area contributed by atoms with Crippen molar-refractivity contribution in [2.45, 2.75) is 39.0 Å². The molecule has 146 valence electrons. The number of nitrogens with one attached hydrogen (secondary N) is 2. The summed E-state index contributed by atoms with van der Waals surface area (Å²) in [6.45, 7) is 10.5. The molecule has 1 fully saturated rings. The van der Waals surface area contributed by atoms with Crippen molar-refractivity contribution in [3.05, 3.63) is 35.4 Å². The summed E-state index contributed by atoms with van der Waals surface area (Å²) < 4.78 is 0. The highest BCUT2D eigenvalue weighted by Gasteiger charge is 2.21. The van der Waals surface area contributed by atoms with Gasteiger partial charge in [-0.15, -0.1) is 24.0 Å². The third kappa shape index (κ3) is 6.98. The molecule has 1 aromatic carbocycles. The highest BCUT2D eigenvalue weighted by molar-refractivity contribution is 14.0. The Morgan fingerprint density at radius 3 is 2.50 bits per heavy atom. The van der Waals surface area contributed by atoms with Gasteiger partial charge in [0, 0.05) is 42.7 Å². The maximum Gasteiger partial charge on any atom is 0.251 e. The SMILES string of the molecule is CCNC(=O)c1ccc(CN=C(NCC)N2CCSC(CC)C2)cc1.I. The van der Waals surface area contributed by atoms with Gasteiger partial charge in [-0.05, 0) is 38.0 Å². The fourth-order valence-corrected chi connectivity index (χ4v) is 3.96.